The van der Waals surface area contributed by atoms with Gasteiger partial charge in [0.2, 0.25) is 10.0 Å². The second-order valence-corrected chi connectivity index (χ2v) is 10.8. The average Bonchev–Trinajstić information content (AvgIpc) is 3.56. The Morgan fingerprint density at radius 3 is 2.44 bits per heavy atom. The van der Waals surface area contributed by atoms with Gasteiger partial charge in [-0.25, -0.2) is 23.1 Å². The van der Waals surface area contributed by atoms with E-state index in [9.17, 15) is 13.2 Å². The minimum atomic E-state index is -3.75. The van der Waals surface area contributed by atoms with Crippen molar-refractivity contribution in [3.8, 4) is 0 Å². The zero-order valence-corrected chi connectivity index (χ0v) is 20.1. The van der Waals surface area contributed by atoms with Crippen molar-refractivity contribution in [2.45, 2.75) is 50.5 Å². The summed E-state index contributed by atoms with van der Waals surface area (Å²) in [6.07, 6.45) is 1.65. The molecule has 0 spiro atoms. The zero-order chi connectivity index (χ0) is 23.0. The summed E-state index contributed by atoms with van der Waals surface area (Å²) >= 11 is 6.15. The van der Waals surface area contributed by atoms with Gasteiger partial charge in [0.15, 0.2) is 0 Å². The van der Waals surface area contributed by atoms with E-state index in [1.165, 1.54) is 12.1 Å². The monoisotopic (exact) mass is 477 g/mol. The van der Waals surface area contributed by atoms with E-state index in [1.54, 1.807) is 11.0 Å². The van der Waals surface area contributed by atoms with Crippen molar-refractivity contribution >= 4 is 33.3 Å². The Kier molecular flexibility index (Phi) is 6.42. The number of carbonyl (C=O) groups excluding carboxylic acids is 1. The lowest BCUT2D eigenvalue weighted by Crippen LogP contribution is -2.49. The maximum absolute atomic E-state index is 13.1. The first kappa shape index (κ1) is 22.9. The minimum Gasteiger partial charge on any atom is -0.353 e. The molecule has 0 radical (unpaired) electrons. The molecule has 172 valence electrons. The molecule has 10 heteroatoms. The zero-order valence-electron chi connectivity index (χ0n) is 18.5. The van der Waals surface area contributed by atoms with E-state index in [0.717, 1.165) is 30.2 Å². The van der Waals surface area contributed by atoms with Crippen LogP contribution in [-0.2, 0) is 10.0 Å². The summed E-state index contributed by atoms with van der Waals surface area (Å²) in [6, 6.07) is 6.36. The summed E-state index contributed by atoms with van der Waals surface area (Å²) < 4.78 is 27.9. The number of amides is 1. The van der Waals surface area contributed by atoms with Crippen LogP contribution in [0.5, 0.6) is 0 Å². The third-order valence-electron chi connectivity index (χ3n) is 5.63. The molecule has 2 aliphatic rings. The molecule has 1 saturated heterocycles. The number of aromatic nitrogens is 2. The number of nitrogens with zero attached hydrogens (tertiary/aromatic N) is 4. The second-order valence-electron chi connectivity index (χ2n) is 8.70. The number of nitrogens with one attached hydrogen (secondary N) is 1. The van der Waals surface area contributed by atoms with E-state index in [0.29, 0.717) is 31.7 Å². The molecule has 2 fully saturated rings. The summed E-state index contributed by atoms with van der Waals surface area (Å²) in [5.41, 5.74) is 1.24. The van der Waals surface area contributed by atoms with Gasteiger partial charge in [-0.1, -0.05) is 25.4 Å². The quantitative estimate of drug-likeness (QED) is 0.687. The third kappa shape index (κ3) is 5.05. The fourth-order valence-electron chi connectivity index (χ4n) is 3.64. The first-order valence-electron chi connectivity index (χ1n) is 10.9. The molecule has 8 nitrogen and oxygen atoms in total. The van der Waals surface area contributed by atoms with Gasteiger partial charge in [-0.3, -0.25) is 4.79 Å². The van der Waals surface area contributed by atoms with Crippen molar-refractivity contribution in [3.05, 3.63) is 46.4 Å². The first-order chi connectivity index (χ1) is 15.1. The number of sulfonamides is 1. The van der Waals surface area contributed by atoms with Crippen molar-refractivity contribution in [3.63, 3.8) is 0 Å². The SMILES string of the molecule is Cc1cc(N2CCN(C(=O)c3ccc(Cl)c(S(=O)(=O)NC4CC4)c3)CC2)nc(C(C)C)n1. The van der Waals surface area contributed by atoms with Crippen molar-refractivity contribution in [2.24, 2.45) is 0 Å². The van der Waals surface area contributed by atoms with Crippen LogP contribution < -0.4 is 9.62 Å². The van der Waals surface area contributed by atoms with E-state index >= 15 is 0 Å². The summed E-state index contributed by atoms with van der Waals surface area (Å²) in [4.78, 5) is 26.1. The Labute approximate surface area is 194 Å². The first-order valence-corrected chi connectivity index (χ1v) is 12.7. The highest BCUT2D eigenvalue weighted by molar-refractivity contribution is 7.89. The molecule has 0 unspecified atom stereocenters. The lowest BCUT2D eigenvalue weighted by molar-refractivity contribution is 0.0746. The fraction of sp³-hybridized carbons (Fsp3) is 0.500. The Hall–Kier alpha value is -2.23. The van der Waals surface area contributed by atoms with Crippen LogP contribution in [0.15, 0.2) is 29.2 Å². The van der Waals surface area contributed by atoms with Crippen LogP contribution in [0.25, 0.3) is 0 Å². The number of anilines is 1. The van der Waals surface area contributed by atoms with Crippen LogP contribution >= 0.6 is 11.6 Å². The van der Waals surface area contributed by atoms with Crippen LogP contribution in [0.2, 0.25) is 5.02 Å². The van der Waals surface area contributed by atoms with Gasteiger partial charge in [-0.15, -0.1) is 0 Å². The normalized spacial score (nSPS) is 17.2. The lowest BCUT2D eigenvalue weighted by atomic mass is 10.1. The van der Waals surface area contributed by atoms with E-state index in [1.807, 2.05) is 13.0 Å². The van der Waals surface area contributed by atoms with E-state index in [-0.39, 0.29) is 27.8 Å². The number of carbonyl (C=O) groups is 1. The molecule has 1 aromatic carbocycles. The number of aryl methyl sites for hydroxylation is 1. The van der Waals surface area contributed by atoms with Crippen molar-refractivity contribution in [1.82, 2.24) is 19.6 Å². The van der Waals surface area contributed by atoms with Gasteiger partial charge in [-0.2, -0.15) is 0 Å². The highest BCUT2D eigenvalue weighted by Gasteiger charge is 2.30. The number of halogens is 1. The van der Waals surface area contributed by atoms with Crippen LogP contribution in [0.4, 0.5) is 5.82 Å². The number of rotatable bonds is 6. The second kappa shape index (κ2) is 8.96. The molecular formula is C22H28ClN5O3S. The molecule has 1 saturated carbocycles. The molecule has 2 aromatic rings. The van der Waals surface area contributed by atoms with E-state index < -0.39 is 10.0 Å². The summed E-state index contributed by atoms with van der Waals surface area (Å²) in [5.74, 6) is 1.72. The van der Waals surface area contributed by atoms with Gasteiger partial charge < -0.3 is 9.80 Å². The fourth-order valence-corrected chi connectivity index (χ4v) is 5.47. The number of hydrogen-bond donors (Lipinski definition) is 1. The Morgan fingerprint density at radius 1 is 1.12 bits per heavy atom. The van der Waals surface area contributed by atoms with Crippen LogP contribution in [-0.4, -0.2) is 61.4 Å². The molecule has 4 rings (SSSR count). The molecule has 1 amide bonds. The third-order valence-corrected chi connectivity index (χ3v) is 7.63. The summed E-state index contributed by atoms with van der Waals surface area (Å²) in [5, 5.41) is 0.111. The Balaban J connectivity index is 1.46. The van der Waals surface area contributed by atoms with Crippen molar-refractivity contribution in [1.29, 1.82) is 0 Å². The van der Waals surface area contributed by atoms with E-state index in [4.69, 9.17) is 11.6 Å². The topological polar surface area (TPSA) is 95.5 Å². The number of benzene rings is 1. The Morgan fingerprint density at radius 2 is 1.81 bits per heavy atom. The molecule has 32 heavy (non-hydrogen) atoms. The molecule has 0 atom stereocenters. The highest BCUT2D eigenvalue weighted by atomic mass is 35.5. The smallest absolute Gasteiger partial charge is 0.254 e. The molecule has 1 N–H and O–H groups in total. The highest BCUT2D eigenvalue weighted by Crippen LogP contribution is 2.27. The van der Waals surface area contributed by atoms with Crippen LogP contribution in [0.1, 0.15) is 54.5 Å². The molecule has 2 heterocycles. The van der Waals surface area contributed by atoms with E-state index in [2.05, 4.69) is 33.4 Å². The largest absolute Gasteiger partial charge is 0.353 e. The van der Waals surface area contributed by atoms with Crippen molar-refractivity contribution in [2.75, 3.05) is 31.1 Å². The predicted molar refractivity (Wildman–Crippen MR) is 124 cm³/mol. The molecule has 1 aliphatic heterocycles. The molecule has 1 aromatic heterocycles. The molecule has 1 aliphatic carbocycles. The van der Waals surface area contributed by atoms with Crippen molar-refractivity contribution < 1.29 is 13.2 Å². The lowest BCUT2D eigenvalue weighted by Gasteiger charge is -2.35. The summed E-state index contributed by atoms with van der Waals surface area (Å²) in [7, 11) is -3.75. The van der Waals surface area contributed by atoms with Gasteiger partial charge in [0.1, 0.15) is 16.5 Å². The average molecular weight is 478 g/mol. The van der Waals surface area contributed by atoms with Gasteiger partial charge in [-0.05, 0) is 38.0 Å². The van der Waals surface area contributed by atoms with Gasteiger partial charge in [0.25, 0.3) is 5.91 Å². The van der Waals surface area contributed by atoms with Gasteiger partial charge in [0, 0.05) is 55.5 Å². The number of piperazine rings is 1. The number of hydrogen-bond acceptors (Lipinski definition) is 6. The summed E-state index contributed by atoms with van der Waals surface area (Å²) in [6.45, 7) is 8.41. The standard InChI is InChI=1S/C22H28ClN5O3S/c1-14(2)21-24-15(3)12-20(25-21)27-8-10-28(11-9-27)22(29)16-4-7-18(23)19(13-16)32(30,31)26-17-5-6-17/h4,7,12-14,17,26H,5-6,8-11H2,1-3H3. The van der Waals surface area contributed by atoms with Crippen LogP contribution in [0.3, 0.4) is 0 Å². The predicted octanol–water partition coefficient (Wildman–Crippen LogP) is 2.96. The molecular weight excluding hydrogens is 450 g/mol. The van der Waals surface area contributed by atoms with Gasteiger partial charge >= 0.3 is 0 Å². The minimum absolute atomic E-state index is 0.0369. The molecule has 0 bridgehead atoms. The maximum Gasteiger partial charge on any atom is 0.254 e. The van der Waals surface area contributed by atoms with Gasteiger partial charge in [0.05, 0.1) is 5.02 Å². The van der Waals surface area contributed by atoms with Crippen LogP contribution in [0, 0.1) is 6.92 Å². The maximum atomic E-state index is 13.1. The Bertz CT molecular complexity index is 1130.